The standard InChI is InChI=1S/C32H32N4O7/c1-40-27-10-23-25(33-14-20-8-19(18-4-5-18)16-35(20)31(23)38)12-29(27)42-6-3-7-43-30-13-26-24(11-28(30)41-2)32(39)36-17-22(37)9-21(36)15-34-26/h10-18,20-21,37H,3-9H2,1-2H3/t20-,21-/m0/s1. The fourth-order valence-electron chi connectivity index (χ4n) is 5.92. The van der Waals surface area contributed by atoms with Gasteiger partial charge in [0, 0.05) is 49.8 Å². The molecule has 2 aromatic carbocycles. The van der Waals surface area contributed by atoms with E-state index < -0.39 is 0 Å². The minimum atomic E-state index is -0.324. The molecule has 0 bridgehead atoms. The Kier molecular flexibility index (Phi) is 6.79. The molecule has 1 saturated carbocycles. The Morgan fingerprint density at radius 2 is 1.30 bits per heavy atom. The molecule has 43 heavy (non-hydrogen) atoms. The van der Waals surface area contributed by atoms with Crippen molar-refractivity contribution in [2.45, 2.75) is 44.2 Å². The van der Waals surface area contributed by atoms with E-state index >= 15 is 0 Å². The molecule has 0 spiro atoms. The number of aliphatic hydroxyl groups is 1. The molecule has 0 radical (unpaired) electrons. The molecule has 4 heterocycles. The molecule has 2 amide bonds. The van der Waals surface area contributed by atoms with Crippen molar-refractivity contribution in [1.82, 2.24) is 9.80 Å². The topological polar surface area (TPSA) is 122 Å². The lowest BCUT2D eigenvalue weighted by Crippen LogP contribution is -2.32. The minimum absolute atomic E-state index is 0.0563. The van der Waals surface area contributed by atoms with Crippen LogP contribution in [0.4, 0.5) is 11.4 Å². The summed E-state index contributed by atoms with van der Waals surface area (Å²) in [6, 6.07) is 6.38. The Bertz CT molecular complexity index is 1620. The second-order valence-electron chi connectivity index (χ2n) is 11.2. The summed E-state index contributed by atoms with van der Waals surface area (Å²) in [7, 11) is 3.06. The molecular weight excluding hydrogens is 552 g/mol. The molecule has 0 saturated heterocycles. The van der Waals surface area contributed by atoms with Crippen LogP contribution in [0.2, 0.25) is 0 Å². The van der Waals surface area contributed by atoms with Crippen LogP contribution in [0, 0.1) is 5.92 Å². The average molecular weight is 585 g/mol. The van der Waals surface area contributed by atoms with Crippen LogP contribution in [-0.4, -0.2) is 78.7 Å². The number of amides is 2. The molecule has 7 rings (SSSR count). The number of nitrogens with zero attached hydrogens (tertiary/aromatic N) is 4. The third kappa shape index (κ3) is 4.98. The Morgan fingerprint density at radius 1 is 0.767 bits per heavy atom. The van der Waals surface area contributed by atoms with Crippen molar-refractivity contribution in [3.05, 3.63) is 59.1 Å². The van der Waals surface area contributed by atoms with E-state index in [9.17, 15) is 14.7 Å². The zero-order valence-corrected chi connectivity index (χ0v) is 24.0. The molecule has 4 aliphatic heterocycles. The van der Waals surface area contributed by atoms with E-state index in [0.717, 1.165) is 6.42 Å². The lowest BCUT2D eigenvalue weighted by Gasteiger charge is -2.19. The normalized spacial score (nSPS) is 21.7. The smallest absolute Gasteiger partial charge is 0.260 e. The van der Waals surface area contributed by atoms with Crippen molar-refractivity contribution in [3.8, 4) is 23.0 Å². The first-order chi connectivity index (χ1) is 20.9. The van der Waals surface area contributed by atoms with Gasteiger partial charge in [-0.2, -0.15) is 0 Å². The third-order valence-electron chi connectivity index (χ3n) is 8.34. The van der Waals surface area contributed by atoms with Crippen molar-refractivity contribution in [3.63, 3.8) is 0 Å². The Hall–Kier alpha value is -4.80. The summed E-state index contributed by atoms with van der Waals surface area (Å²) < 4.78 is 23.1. The molecule has 0 unspecified atom stereocenters. The predicted molar refractivity (Wildman–Crippen MR) is 159 cm³/mol. The molecular formula is C32H32N4O7. The highest BCUT2D eigenvalue weighted by Crippen LogP contribution is 2.44. The molecule has 11 heteroatoms. The fourth-order valence-corrected chi connectivity index (χ4v) is 5.92. The Labute approximate surface area is 248 Å². The summed E-state index contributed by atoms with van der Waals surface area (Å²) >= 11 is 0. The number of carbonyl (C=O) groups is 2. The van der Waals surface area contributed by atoms with Gasteiger partial charge in [0.1, 0.15) is 5.76 Å². The van der Waals surface area contributed by atoms with Gasteiger partial charge in [-0.1, -0.05) is 0 Å². The number of benzene rings is 2. The van der Waals surface area contributed by atoms with Gasteiger partial charge in [0.25, 0.3) is 11.8 Å². The maximum atomic E-state index is 13.4. The second-order valence-corrected chi connectivity index (χ2v) is 11.2. The van der Waals surface area contributed by atoms with Crippen molar-refractivity contribution in [2.24, 2.45) is 15.9 Å². The quantitative estimate of drug-likeness (QED) is 0.407. The molecule has 222 valence electrons. The number of ether oxygens (including phenoxy) is 4. The van der Waals surface area contributed by atoms with Crippen LogP contribution in [-0.2, 0) is 0 Å². The van der Waals surface area contributed by atoms with Gasteiger partial charge in [0.05, 0.1) is 62.0 Å². The molecule has 1 N–H and O–H groups in total. The van der Waals surface area contributed by atoms with Crippen molar-refractivity contribution in [1.29, 1.82) is 0 Å². The van der Waals surface area contributed by atoms with Crippen molar-refractivity contribution >= 4 is 35.6 Å². The number of aliphatic hydroxyl groups excluding tert-OH is 1. The number of rotatable bonds is 9. The minimum Gasteiger partial charge on any atom is -0.511 e. The van der Waals surface area contributed by atoms with Crippen LogP contribution in [0.15, 0.2) is 58.0 Å². The number of methoxy groups -OCH3 is 2. The first-order valence-electron chi connectivity index (χ1n) is 14.5. The van der Waals surface area contributed by atoms with Crippen molar-refractivity contribution < 1.29 is 33.6 Å². The summed E-state index contributed by atoms with van der Waals surface area (Å²) in [5.41, 5.74) is 3.23. The van der Waals surface area contributed by atoms with Gasteiger partial charge < -0.3 is 33.9 Å². The van der Waals surface area contributed by atoms with Gasteiger partial charge in [-0.05, 0) is 42.9 Å². The van der Waals surface area contributed by atoms with Gasteiger partial charge in [-0.3, -0.25) is 19.6 Å². The van der Waals surface area contributed by atoms with E-state index in [4.69, 9.17) is 18.9 Å². The highest BCUT2D eigenvalue weighted by atomic mass is 16.5. The van der Waals surface area contributed by atoms with E-state index in [1.54, 1.807) is 42.5 Å². The third-order valence-corrected chi connectivity index (χ3v) is 8.34. The van der Waals surface area contributed by atoms with E-state index in [1.165, 1.54) is 36.6 Å². The van der Waals surface area contributed by atoms with Crippen LogP contribution in [0.3, 0.4) is 0 Å². The summed E-state index contributed by atoms with van der Waals surface area (Å²) in [5.74, 6) is 2.24. The first-order valence-corrected chi connectivity index (χ1v) is 14.5. The summed E-state index contributed by atoms with van der Waals surface area (Å²) in [6.45, 7) is 0.639. The van der Waals surface area contributed by atoms with E-state index in [1.807, 2.05) is 12.4 Å². The largest absolute Gasteiger partial charge is 0.511 e. The summed E-state index contributed by atoms with van der Waals surface area (Å²) in [6.07, 6.45) is 11.1. The molecule has 2 atom stereocenters. The maximum Gasteiger partial charge on any atom is 0.260 e. The molecule has 5 aliphatic rings. The number of fused-ring (bicyclic) bond motifs is 4. The van der Waals surface area contributed by atoms with Gasteiger partial charge in [-0.15, -0.1) is 0 Å². The predicted octanol–water partition coefficient (Wildman–Crippen LogP) is 5.11. The average Bonchev–Trinajstić information content (AvgIpc) is 3.72. The molecule has 1 aliphatic carbocycles. The van der Waals surface area contributed by atoms with Crippen LogP contribution in [0.25, 0.3) is 0 Å². The SMILES string of the molecule is COc1cc2c(cc1OCCCOc1cc3c(cc1OC)C(=O)N1C=C(C4CC4)C[C@H]1C=N3)N=C[C@@H]1CC(O)=CN1C2=O. The highest BCUT2D eigenvalue weighted by Gasteiger charge is 2.38. The number of aliphatic imine (C=N–C) groups is 2. The van der Waals surface area contributed by atoms with Crippen LogP contribution in [0.5, 0.6) is 23.0 Å². The van der Waals surface area contributed by atoms with E-state index in [0.29, 0.717) is 77.5 Å². The first kappa shape index (κ1) is 27.1. The second kappa shape index (κ2) is 10.8. The van der Waals surface area contributed by atoms with Crippen molar-refractivity contribution in [2.75, 3.05) is 27.4 Å². The lowest BCUT2D eigenvalue weighted by atomic mass is 10.1. The van der Waals surface area contributed by atoms with Crippen LogP contribution >= 0.6 is 0 Å². The zero-order chi connectivity index (χ0) is 29.7. The zero-order valence-electron chi connectivity index (χ0n) is 24.0. The Balaban J connectivity index is 1.00. The summed E-state index contributed by atoms with van der Waals surface area (Å²) in [5, 5.41) is 9.86. The number of carbonyl (C=O) groups excluding carboxylic acids is 2. The molecule has 0 aromatic heterocycles. The highest BCUT2D eigenvalue weighted by molar-refractivity contribution is 6.05. The summed E-state index contributed by atoms with van der Waals surface area (Å²) in [4.78, 5) is 38.9. The maximum absolute atomic E-state index is 13.4. The van der Waals surface area contributed by atoms with Crippen LogP contribution < -0.4 is 18.9 Å². The van der Waals surface area contributed by atoms with E-state index in [-0.39, 0.29) is 29.7 Å². The monoisotopic (exact) mass is 584 g/mol. The fraction of sp³-hybridized carbons (Fsp3) is 0.375. The molecule has 2 aromatic rings. The molecule has 1 fully saturated rings. The lowest BCUT2D eigenvalue weighted by molar-refractivity contribution is 0.0809. The van der Waals surface area contributed by atoms with Crippen LogP contribution in [0.1, 0.15) is 52.8 Å². The molecule has 11 nitrogen and oxygen atoms in total. The van der Waals surface area contributed by atoms with Gasteiger partial charge in [0.2, 0.25) is 0 Å². The number of hydrogen-bond donors (Lipinski definition) is 1. The Morgan fingerprint density at radius 3 is 1.84 bits per heavy atom. The van der Waals surface area contributed by atoms with Gasteiger partial charge in [-0.25, -0.2) is 0 Å². The van der Waals surface area contributed by atoms with E-state index in [2.05, 4.69) is 9.98 Å². The van der Waals surface area contributed by atoms with Gasteiger partial charge in [0.15, 0.2) is 23.0 Å². The number of hydrogen-bond acceptors (Lipinski definition) is 9. The van der Waals surface area contributed by atoms with Gasteiger partial charge >= 0.3 is 0 Å².